The van der Waals surface area contributed by atoms with E-state index in [1.807, 2.05) is 0 Å². The first-order chi connectivity index (χ1) is 17.4. The van der Waals surface area contributed by atoms with Gasteiger partial charge in [-0.15, -0.1) is 0 Å². The van der Waals surface area contributed by atoms with E-state index < -0.39 is 17.9 Å². The summed E-state index contributed by atoms with van der Waals surface area (Å²) in [6, 6.07) is 7.24. The van der Waals surface area contributed by atoms with Crippen LogP contribution in [0.5, 0.6) is 11.5 Å². The SMILES string of the molecule is COC(=O)c1ccc(CN2C(=O)N/C(=C\c3cccc(OC)c3OCC(=O)N3CCOCC3)C2=O)o1. The predicted octanol–water partition coefficient (Wildman–Crippen LogP) is 1.41. The van der Waals surface area contributed by atoms with Gasteiger partial charge in [-0.1, -0.05) is 12.1 Å². The van der Waals surface area contributed by atoms with Crippen LogP contribution in [0.25, 0.3) is 6.08 Å². The summed E-state index contributed by atoms with van der Waals surface area (Å²) in [5.74, 6) is -0.677. The molecular formula is C24H25N3O9. The van der Waals surface area contributed by atoms with Crippen molar-refractivity contribution in [2.45, 2.75) is 6.54 Å². The summed E-state index contributed by atoms with van der Waals surface area (Å²) in [5, 5.41) is 2.52. The molecule has 0 radical (unpaired) electrons. The number of carbonyl (C=O) groups excluding carboxylic acids is 4. The third-order valence-corrected chi connectivity index (χ3v) is 5.56. The molecule has 1 aromatic carbocycles. The minimum Gasteiger partial charge on any atom is -0.493 e. The van der Waals surface area contributed by atoms with Crippen LogP contribution in [0.4, 0.5) is 4.79 Å². The lowest BCUT2D eigenvalue weighted by atomic mass is 10.1. The number of para-hydroxylation sites is 1. The molecule has 36 heavy (non-hydrogen) atoms. The number of esters is 1. The van der Waals surface area contributed by atoms with Crippen LogP contribution in [0.15, 0.2) is 40.4 Å². The van der Waals surface area contributed by atoms with Crippen LogP contribution in [0.1, 0.15) is 21.9 Å². The van der Waals surface area contributed by atoms with Crippen LogP contribution in [0.2, 0.25) is 0 Å². The lowest BCUT2D eigenvalue weighted by Crippen LogP contribution is -2.43. The second kappa shape index (κ2) is 11.0. The van der Waals surface area contributed by atoms with Gasteiger partial charge < -0.3 is 33.6 Å². The summed E-state index contributed by atoms with van der Waals surface area (Å²) in [7, 11) is 2.67. The highest BCUT2D eigenvalue weighted by atomic mass is 16.5. The van der Waals surface area contributed by atoms with Crippen molar-refractivity contribution < 1.29 is 42.5 Å². The third kappa shape index (κ3) is 5.33. The van der Waals surface area contributed by atoms with E-state index in [4.69, 9.17) is 18.6 Å². The molecule has 3 heterocycles. The van der Waals surface area contributed by atoms with Crippen LogP contribution < -0.4 is 14.8 Å². The molecule has 190 valence electrons. The number of furan rings is 1. The van der Waals surface area contributed by atoms with Crippen molar-refractivity contribution >= 4 is 29.9 Å². The van der Waals surface area contributed by atoms with Gasteiger partial charge in [-0.25, -0.2) is 9.59 Å². The van der Waals surface area contributed by atoms with Crippen molar-refractivity contribution in [3.63, 3.8) is 0 Å². The molecule has 4 rings (SSSR count). The Morgan fingerprint density at radius 1 is 1.11 bits per heavy atom. The number of methoxy groups -OCH3 is 2. The maximum Gasteiger partial charge on any atom is 0.373 e. The smallest absolute Gasteiger partial charge is 0.373 e. The van der Waals surface area contributed by atoms with E-state index in [1.54, 1.807) is 23.1 Å². The summed E-state index contributed by atoms with van der Waals surface area (Å²) < 4.78 is 26.4. The molecule has 2 aliphatic rings. The van der Waals surface area contributed by atoms with Crippen LogP contribution in [-0.4, -0.2) is 80.7 Å². The van der Waals surface area contributed by atoms with Gasteiger partial charge in [0.05, 0.1) is 34.0 Å². The van der Waals surface area contributed by atoms with E-state index in [9.17, 15) is 19.2 Å². The van der Waals surface area contributed by atoms with Gasteiger partial charge in [0.25, 0.3) is 11.8 Å². The highest BCUT2D eigenvalue weighted by Crippen LogP contribution is 2.33. The molecule has 2 aromatic rings. The first-order valence-corrected chi connectivity index (χ1v) is 11.1. The van der Waals surface area contributed by atoms with Crippen molar-refractivity contribution in [2.75, 3.05) is 47.1 Å². The molecule has 2 fully saturated rings. The number of imide groups is 1. The van der Waals surface area contributed by atoms with Crippen molar-refractivity contribution in [1.29, 1.82) is 0 Å². The highest BCUT2D eigenvalue weighted by Gasteiger charge is 2.35. The number of benzene rings is 1. The minimum atomic E-state index is -0.670. The lowest BCUT2D eigenvalue weighted by Gasteiger charge is -2.27. The number of carbonyl (C=O) groups is 4. The van der Waals surface area contributed by atoms with E-state index in [-0.39, 0.29) is 42.0 Å². The Kier molecular flexibility index (Phi) is 7.54. The van der Waals surface area contributed by atoms with E-state index in [1.165, 1.54) is 32.4 Å². The Balaban J connectivity index is 1.51. The van der Waals surface area contributed by atoms with Crippen LogP contribution >= 0.6 is 0 Å². The van der Waals surface area contributed by atoms with E-state index in [0.717, 1.165) is 4.90 Å². The van der Waals surface area contributed by atoms with Crippen molar-refractivity contribution in [2.24, 2.45) is 0 Å². The zero-order valence-electron chi connectivity index (χ0n) is 19.8. The number of urea groups is 1. The van der Waals surface area contributed by atoms with E-state index in [0.29, 0.717) is 37.6 Å². The number of rotatable bonds is 8. The number of nitrogens with one attached hydrogen (secondary N) is 1. The fraction of sp³-hybridized carbons (Fsp3) is 0.333. The van der Waals surface area contributed by atoms with Gasteiger partial charge in [0.15, 0.2) is 18.1 Å². The van der Waals surface area contributed by atoms with E-state index in [2.05, 4.69) is 10.1 Å². The van der Waals surface area contributed by atoms with Crippen molar-refractivity contribution in [3.05, 3.63) is 53.1 Å². The number of amides is 4. The number of ether oxygens (including phenoxy) is 4. The second-order valence-electron chi connectivity index (χ2n) is 7.80. The van der Waals surface area contributed by atoms with Gasteiger partial charge in [0, 0.05) is 18.7 Å². The standard InChI is InChI=1S/C24H25N3O9/c1-32-18-5-3-4-15(21(18)35-14-20(28)26-8-10-34-11-9-26)12-17-22(29)27(24(31)25-17)13-16-6-7-19(36-16)23(30)33-2/h3-7,12H,8-11,13-14H2,1-2H3,(H,25,31)/b17-12-. The Bertz CT molecular complexity index is 1200. The Hall–Kier alpha value is -4.32. The number of hydrogen-bond donors (Lipinski definition) is 1. The van der Waals surface area contributed by atoms with Gasteiger partial charge in [0.2, 0.25) is 5.76 Å². The molecule has 1 aromatic heterocycles. The largest absolute Gasteiger partial charge is 0.493 e. The molecule has 0 aliphatic carbocycles. The molecule has 0 bridgehead atoms. The quantitative estimate of drug-likeness (QED) is 0.325. The molecule has 12 nitrogen and oxygen atoms in total. The summed E-state index contributed by atoms with van der Waals surface area (Å²) in [4.78, 5) is 52.1. The van der Waals surface area contributed by atoms with Crippen molar-refractivity contribution in [1.82, 2.24) is 15.1 Å². The maximum absolute atomic E-state index is 13.0. The fourth-order valence-electron chi connectivity index (χ4n) is 3.70. The Morgan fingerprint density at radius 2 is 1.89 bits per heavy atom. The fourth-order valence-corrected chi connectivity index (χ4v) is 3.70. The number of nitrogens with zero attached hydrogens (tertiary/aromatic N) is 2. The molecule has 1 N–H and O–H groups in total. The lowest BCUT2D eigenvalue weighted by molar-refractivity contribution is -0.137. The molecule has 4 amide bonds. The molecule has 0 unspecified atom stereocenters. The highest BCUT2D eigenvalue weighted by molar-refractivity contribution is 6.14. The zero-order valence-corrected chi connectivity index (χ0v) is 19.8. The average Bonchev–Trinajstić information content (AvgIpc) is 3.48. The van der Waals surface area contributed by atoms with Crippen LogP contribution in [0.3, 0.4) is 0 Å². The summed E-state index contributed by atoms with van der Waals surface area (Å²) >= 11 is 0. The minimum absolute atomic E-state index is 0.00245. The molecule has 0 spiro atoms. The van der Waals surface area contributed by atoms with Crippen molar-refractivity contribution in [3.8, 4) is 11.5 Å². The maximum atomic E-state index is 13.0. The van der Waals surface area contributed by atoms with Crippen LogP contribution in [0, 0.1) is 0 Å². The van der Waals surface area contributed by atoms with Gasteiger partial charge in [0.1, 0.15) is 11.5 Å². The molecule has 2 aliphatic heterocycles. The van der Waals surface area contributed by atoms with Gasteiger partial charge in [-0.05, 0) is 24.3 Å². The van der Waals surface area contributed by atoms with E-state index >= 15 is 0 Å². The van der Waals surface area contributed by atoms with Gasteiger partial charge >= 0.3 is 12.0 Å². The molecule has 12 heteroatoms. The number of morpholine rings is 1. The molecule has 0 atom stereocenters. The normalized spacial score (nSPS) is 16.8. The molecule has 0 saturated carbocycles. The zero-order chi connectivity index (χ0) is 25.7. The first-order valence-electron chi connectivity index (χ1n) is 11.1. The Morgan fingerprint density at radius 3 is 2.61 bits per heavy atom. The predicted molar refractivity (Wildman–Crippen MR) is 123 cm³/mol. The number of hydrogen-bond acceptors (Lipinski definition) is 9. The third-order valence-electron chi connectivity index (χ3n) is 5.56. The summed E-state index contributed by atoms with van der Waals surface area (Å²) in [5.41, 5.74) is 0.429. The Labute approximate surface area is 206 Å². The van der Waals surface area contributed by atoms with Crippen LogP contribution in [-0.2, 0) is 25.6 Å². The van der Waals surface area contributed by atoms with Gasteiger partial charge in [-0.2, -0.15) is 0 Å². The van der Waals surface area contributed by atoms with Gasteiger partial charge in [-0.3, -0.25) is 14.5 Å². The topological polar surface area (TPSA) is 137 Å². The monoisotopic (exact) mass is 499 g/mol. The first kappa shape index (κ1) is 24.8. The molecular weight excluding hydrogens is 474 g/mol. The average molecular weight is 499 g/mol. The second-order valence-corrected chi connectivity index (χ2v) is 7.80. The summed E-state index contributed by atoms with van der Waals surface area (Å²) in [6.45, 7) is 1.49. The summed E-state index contributed by atoms with van der Waals surface area (Å²) in [6.07, 6.45) is 1.44. The molecule has 2 saturated heterocycles.